The Bertz CT molecular complexity index is 1130. The summed E-state index contributed by atoms with van der Waals surface area (Å²) >= 11 is 0. The van der Waals surface area contributed by atoms with Gasteiger partial charge in [0.1, 0.15) is 17.6 Å². The summed E-state index contributed by atoms with van der Waals surface area (Å²) in [5.74, 6) is 1.44. The van der Waals surface area contributed by atoms with Crippen molar-refractivity contribution in [3.8, 4) is 5.75 Å². The molecule has 3 rings (SSSR count). The molecule has 1 aliphatic heterocycles. The number of nitrogens with one attached hydrogen (secondary N) is 1. The minimum atomic E-state index is -1.83. The van der Waals surface area contributed by atoms with Crippen LogP contribution in [0.15, 0.2) is 48.4 Å². The van der Waals surface area contributed by atoms with Crippen LogP contribution in [0.5, 0.6) is 5.75 Å². The van der Waals surface area contributed by atoms with Crippen molar-refractivity contribution in [1.29, 1.82) is 0 Å². The number of benzene rings is 1. The van der Waals surface area contributed by atoms with Crippen LogP contribution in [0.25, 0.3) is 0 Å². The summed E-state index contributed by atoms with van der Waals surface area (Å²) in [6.07, 6.45) is 3.84. The van der Waals surface area contributed by atoms with Crippen LogP contribution in [0, 0.1) is 12.8 Å². The Hall–Kier alpha value is -2.91. The van der Waals surface area contributed by atoms with E-state index in [1.165, 1.54) is 6.08 Å². The van der Waals surface area contributed by atoms with Gasteiger partial charge in [0.05, 0.1) is 19.7 Å². The van der Waals surface area contributed by atoms with Gasteiger partial charge < -0.3 is 19.4 Å². The van der Waals surface area contributed by atoms with Gasteiger partial charge in [0.15, 0.2) is 14.1 Å². The summed E-state index contributed by atoms with van der Waals surface area (Å²) < 4.78 is 14.0. The number of aryl methyl sites for hydroxylation is 1. The quantitative estimate of drug-likeness (QED) is 0.398. The molecular formula is C28H42N4O4Si. The van der Waals surface area contributed by atoms with Crippen LogP contribution in [0.4, 0.5) is 5.82 Å². The molecule has 202 valence electrons. The number of hydrogen-bond donors (Lipinski definition) is 1. The van der Waals surface area contributed by atoms with E-state index >= 15 is 0 Å². The lowest BCUT2D eigenvalue weighted by Gasteiger charge is -2.36. The van der Waals surface area contributed by atoms with Crippen LogP contribution in [0.1, 0.15) is 46.6 Å². The van der Waals surface area contributed by atoms with Crippen LogP contribution < -0.4 is 10.1 Å². The van der Waals surface area contributed by atoms with E-state index in [0.717, 1.165) is 5.56 Å². The second-order valence-electron chi connectivity index (χ2n) is 11.7. The van der Waals surface area contributed by atoms with Gasteiger partial charge in [0, 0.05) is 18.3 Å². The normalized spacial score (nSPS) is 15.2. The molecule has 8 nitrogen and oxygen atoms in total. The number of para-hydroxylation sites is 1. The first kappa shape index (κ1) is 28.7. The molecule has 37 heavy (non-hydrogen) atoms. The first-order valence-electron chi connectivity index (χ1n) is 13.0. The molecule has 0 unspecified atom stereocenters. The van der Waals surface area contributed by atoms with E-state index in [1.54, 1.807) is 15.6 Å². The van der Waals surface area contributed by atoms with E-state index in [0.29, 0.717) is 36.9 Å². The summed E-state index contributed by atoms with van der Waals surface area (Å²) in [5.41, 5.74) is 0.982. The maximum atomic E-state index is 13.3. The summed E-state index contributed by atoms with van der Waals surface area (Å²) in [6, 6.07) is 8.80. The summed E-state index contributed by atoms with van der Waals surface area (Å²) in [5, 5.41) is 7.55. The predicted molar refractivity (Wildman–Crippen MR) is 149 cm³/mol. The average Bonchev–Trinajstić information content (AvgIpc) is 3.38. The lowest BCUT2D eigenvalue weighted by Crippen LogP contribution is -2.46. The standard InChI is InChI=1S/C28H42N4O4Si/c1-20(2)17-23(32-19-22(18-26(32)33)36-24-12-10-9-11-21(24)3)27(34)29-25-13-14-31(30-25)15-16-35-37(7,8)28(4,5)6/h9-14,18,20,23H,15-17,19H2,1-8H3,(H,29,30,34)/t23-/m0/s1. The molecule has 1 N–H and O–H groups in total. The number of carbonyl (C=O) groups is 2. The Balaban J connectivity index is 1.62. The molecule has 1 aromatic carbocycles. The molecule has 0 saturated heterocycles. The molecule has 2 aromatic rings. The lowest BCUT2D eigenvalue weighted by atomic mass is 10.0. The number of nitrogens with zero attached hydrogens (tertiary/aromatic N) is 3. The van der Waals surface area contributed by atoms with E-state index in [1.807, 2.05) is 51.2 Å². The number of ether oxygens (including phenoxy) is 1. The molecule has 0 radical (unpaired) electrons. The zero-order chi connectivity index (χ0) is 27.4. The Labute approximate surface area is 222 Å². The van der Waals surface area contributed by atoms with Crippen LogP contribution in [0.2, 0.25) is 18.1 Å². The second-order valence-corrected chi connectivity index (χ2v) is 16.5. The maximum absolute atomic E-state index is 13.3. The Kier molecular flexibility index (Phi) is 9.02. The van der Waals surface area contributed by atoms with Crippen LogP contribution in [0.3, 0.4) is 0 Å². The number of hydrogen-bond acceptors (Lipinski definition) is 5. The topological polar surface area (TPSA) is 85.7 Å². The molecule has 0 spiro atoms. The molecule has 1 atom stereocenters. The Morgan fingerprint density at radius 2 is 1.89 bits per heavy atom. The van der Waals surface area contributed by atoms with Crippen LogP contribution in [-0.4, -0.2) is 54.0 Å². The van der Waals surface area contributed by atoms with E-state index in [-0.39, 0.29) is 29.3 Å². The van der Waals surface area contributed by atoms with Crippen LogP contribution in [-0.2, 0) is 20.6 Å². The zero-order valence-electron chi connectivity index (χ0n) is 23.5. The number of rotatable bonds is 11. The van der Waals surface area contributed by atoms with Crippen molar-refractivity contribution >= 4 is 25.9 Å². The van der Waals surface area contributed by atoms with Crippen molar-refractivity contribution in [3.05, 3.63) is 53.9 Å². The number of carbonyl (C=O) groups excluding carboxylic acids is 2. The highest BCUT2D eigenvalue weighted by Gasteiger charge is 2.37. The third-order valence-electron chi connectivity index (χ3n) is 7.08. The summed E-state index contributed by atoms with van der Waals surface area (Å²) in [6.45, 7) is 18.5. The lowest BCUT2D eigenvalue weighted by molar-refractivity contribution is -0.133. The van der Waals surface area contributed by atoms with Crippen molar-refractivity contribution in [1.82, 2.24) is 14.7 Å². The van der Waals surface area contributed by atoms with E-state index in [2.05, 4.69) is 44.3 Å². The van der Waals surface area contributed by atoms with Crippen molar-refractivity contribution in [2.75, 3.05) is 18.5 Å². The summed E-state index contributed by atoms with van der Waals surface area (Å²) in [7, 11) is -1.83. The highest BCUT2D eigenvalue weighted by atomic mass is 28.4. The van der Waals surface area contributed by atoms with Gasteiger partial charge >= 0.3 is 0 Å². The fourth-order valence-electron chi connectivity index (χ4n) is 3.85. The van der Waals surface area contributed by atoms with Gasteiger partial charge in [0.2, 0.25) is 5.91 Å². The molecule has 0 aliphatic carbocycles. The molecule has 0 saturated carbocycles. The first-order valence-corrected chi connectivity index (χ1v) is 15.9. The molecule has 1 aromatic heterocycles. The fraction of sp³-hybridized carbons (Fsp3) is 0.536. The molecular weight excluding hydrogens is 484 g/mol. The maximum Gasteiger partial charge on any atom is 0.251 e. The SMILES string of the molecule is Cc1ccccc1OC1=CC(=O)N([C@@H](CC(C)C)C(=O)Nc2ccn(CCO[Si](C)(C)C(C)(C)C)n2)C1. The third kappa shape index (κ3) is 7.55. The number of aromatic nitrogens is 2. The van der Waals surface area contributed by atoms with Crippen molar-refractivity contribution in [2.45, 2.75) is 78.7 Å². The van der Waals surface area contributed by atoms with Gasteiger partial charge in [-0.1, -0.05) is 52.8 Å². The Morgan fingerprint density at radius 3 is 2.54 bits per heavy atom. The van der Waals surface area contributed by atoms with Gasteiger partial charge in [-0.15, -0.1) is 0 Å². The minimum Gasteiger partial charge on any atom is -0.459 e. The molecule has 9 heteroatoms. The van der Waals surface area contributed by atoms with Gasteiger partial charge in [-0.2, -0.15) is 5.10 Å². The molecule has 2 heterocycles. The monoisotopic (exact) mass is 526 g/mol. The minimum absolute atomic E-state index is 0.147. The molecule has 2 amide bonds. The van der Waals surface area contributed by atoms with Crippen molar-refractivity contribution in [2.24, 2.45) is 5.92 Å². The molecule has 0 bridgehead atoms. The van der Waals surface area contributed by atoms with E-state index in [9.17, 15) is 9.59 Å². The van der Waals surface area contributed by atoms with Crippen molar-refractivity contribution in [3.63, 3.8) is 0 Å². The first-order chi connectivity index (χ1) is 17.3. The predicted octanol–water partition coefficient (Wildman–Crippen LogP) is 5.37. The van der Waals surface area contributed by atoms with Gasteiger partial charge in [0.25, 0.3) is 5.91 Å². The van der Waals surface area contributed by atoms with E-state index < -0.39 is 14.4 Å². The van der Waals surface area contributed by atoms with Crippen molar-refractivity contribution < 1.29 is 18.8 Å². The zero-order valence-corrected chi connectivity index (χ0v) is 24.5. The van der Waals surface area contributed by atoms with E-state index in [4.69, 9.17) is 9.16 Å². The highest BCUT2D eigenvalue weighted by molar-refractivity contribution is 6.74. The molecule has 0 fully saturated rings. The fourth-order valence-corrected chi connectivity index (χ4v) is 4.88. The third-order valence-corrected chi connectivity index (χ3v) is 11.6. The summed E-state index contributed by atoms with van der Waals surface area (Å²) in [4.78, 5) is 27.8. The smallest absolute Gasteiger partial charge is 0.251 e. The highest BCUT2D eigenvalue weighted by Crippen LogP contribution is 2.36. The van der Waals surface area contributed by atoms with Gasteiger partial charge in [-0.3, -0.25) is 14.3 Å². The van der Waals surface area contributed by atoms with Gasteiger partial charge in [-0.25, -0.2) is 0 Å². The largest absolute Gasteiger partial charge is 0.459 e. The average molecular weight is 527 g/mol. The van der Waals surface area contributed by atoms with Gasteiger partial charge in [-0.05, 0) is 49.0 Å². The Morgan fingerprint density at radius 1 is 1.19 bits per heavy atom. The van der Waals surface area contributed by atoms with Crippen LogP contribution >= 0.6 is 0 Å². The molecule has 1 aliphatic rings. The second kappa shape index (κ2) is 11.6. The number of anilines is 1. The number of amides is 2.